The van der Waals surface area contributed by atoms with E-state index in [2.05, 4.69) is 10.0 Å². The van der Waals surface area contributed by atoms with Crippen LogP contribution in [0.2, 0.25) is 0 Å². The zero-order chi connectivity index (χ0) is 25.8. The number of rotatable bonds is 9. The van der Waals surface area contributed by atoms with Crippen molar-refractivity contribution in [3.8, 4) is 0 Å². The number of aryl methyl sites for hydroxylation is 1. The average molecular weight is 529 g/mol. The minimum atomic E-state index is -3.85. The van der Waals surface area contributed by atoms with E-state index >= 15 is 0 Å². The monoisotopic (exact) mass is 528 g/mol. The number of sulfonamides is 1. The maximum atomic E-state index is 13.9. The number of hydrogen-bond acceptors (Lipinski definition) is 4. The third kappa shape index (κ3) is 6.30. The Bertz CT molecular complexity index is 1290. The van der Waals surface area contributed by atoms with Crippen LogP contribution in [0.3, 0.4) is 0 Å². The number of hydrogen-bond donors (Lipinski definition) is 2. The molecule has 37 heavy (non-hydrogen) atoms. The van der Waals surface area contributed by atoms with Gasteiger partial charge in [0.15, 0.2) is 0 Å². The molecule has 0 radical (unpaired) electrons. The van der Waals surface area contributed by atoms with Crippen LogP contribution in [0.4, 0.5) is 8.78 Å². The van der Waals surface area contributed by atoms with Gasteiger partial charge in [0.2, 0.25) is 10.0 Å². The van der Waals surface area contributed by atoms with Crippen LogP contribution in [0.15, 0.2) is 70.4 Å². The van der Waals surface area contributed by atoms with Crippen molar-refractivity contribution in [3.05, 3.63) is 89.4 Å². The van der Waals surface area contributed by atoms with Gasteiger partial charge in [0.05, 0.1) is 12.5 Å². The predicted molar refractivity (Wildman–Crippen MR) is 139 cm³/mol. The standard InChI is InChI=1S/C29H34F2N2O3S/c30-24-10-11-25-23(16-24)9-12-28(26(25)15-22-13-14-36-19-22)32-17-20-5-7-21(8-6-20)18-33-37(34,35)29-4-2-1-3-27(29)31/h1-4,10-11,13-14,16,19-21,26,28,32-33H,5-9,12,15,17-18H2. The molecule has 2 N–H and O–H groups in total. The van der Waals surface area contributed by atoms with Crippen molar-refractivity contribution in [2.45, 2.75) is 61.8 Å². The van der Waals surface area contributed by atoms with Crippen LogP contribution in [-0.4, -0.2) is 27.5 Å². The molecule has 0 amide bonds. The lowest BCUT2D eigenvalue weighted by molar-refractivity contribution is 0.252. The second-order valence-corrected chi connectivity index (χ2v) is 12.2. The molecule has 1 saturated carbocycles. The summed E-state index contributed by atoms with van der Waals surface area (Å²) in [6.45, 7) is 1.25. The van der Waals surface area contributed by atoms with Gasteiger partial charge in [-0.15, -0.1) is 0 Å². The first-order chi connectivity index (χ1) is 17.9. The third-order valence-corrected chi connectivity index (χ3v) is 9.53. The molecular formula is C29H34F2N2O3S. The highest BCUT2D eigenvalue weighted by molar-refractivity contribution is 7.89. The van der Waals surface area contributed by atoms with Crippen LogP contribution in [0.25, 0.3) is 0 Å². The largest absolute Gasteiger partial charge is 0.472 e. The van der Waals surface area contributed by atoms with E-state index in [1.807, 2.05) is 12.1 Å². The Morgan fingerprint density at radius 3 is 2.41 bits per heavy atom. The molecule has 5 rings (SSSR count). The van der Waals surface area contributed by atoms with Gasteiger partial charge in [-0.1, -0.05) is 18.2 Å². The van der Waals surface area contributed by atoms with E-state index in [-0.39, 0.29) is 22.5 Å². The van der Waals surface area contributed by atoms with Crippen molar-refractivity contribution < 1.29 is 21.6 Å². The molecule has 0 aliphatic heterocycles. The number of nitrogens with one attached hydrogen (secondary N) is 2. The van der Waals surface area contributed by atoms with Gasteiger partial charge in [0, 0.05) is 18.5 Å². The zero-order valence-electron chi connectivity index (χ0n) is 20.8. The normalized spacial score (nSPS) is 24.1. The van der Waals surface area contributed by atoms with Gasteiger partial charge in [-0.05, 0) is 110 Å². The fourth-order valence-corrected chi connectivity index (χ4v) is 7.16. The zero-order valence-corrected chi connectivity index (χ0v) is 21.7. The Kier molecular flexibility index (Phi) is 8.07. The van der Waals surface area contributed by atoms with Gasteiger partial charge in [-0.2, -0.15) is 0 Å². The first-order valence-electron chi connectivity index (χ1n) is 13.2. The average Bonchev–Trinajstić information content (AvgIpc) is 3.41. The van der Waals surface area contributed by atoms with Crippen molar-refractivity contribution in [1.82, 2.24) is 10.0 Å². The van der Waals surface area contributed by atoms with Gasteiger partial charge in [0.25, 0.3) is 0 Å². The number of halogens is 2. The molecule has 5 nitrogen and oxygen atoms in total. The Labute approximate surface area is 217 Å². The summed E-state index contributed by atoms with van der Waals surface area (Å²) < 4.78 is 60.7. The second kappa shape index (κ2) is 11.5. The summed E-state index contributed by atoms with van der Waals surface area (Å²) in [4.78, 5) is -0.297. The Morgan fingerprint density at radius 2 is 1.68 bits per heavy atom. The van der Waals surface area contributed by atoms with Crippen LogP contribution >= 0.6 is 0 Å². The van der Waals surface area contributed by atoms with E-state index in [1.54, 1.807) is 24.7 Å². The van der Waals surface area contributed by atoms with E-state index in [9.17, 15) is 17.2 Å². The minimum Gasteiger partial charge on any atom is -0.472 e. The molecule has 1 fully saturated rings. The van der Waals surface area contributed by atoms with Crippen molar-refractivity contribution >= 4 is 10.0 Å². The van der Waals surface area contributed by atoms with Crippen LogP contribution in [0.5, 0.6) is 0 Å². The van der Waals surface area contributed by atoms with Gasteiger partial charge in [0.1, 0.15) is 16.5 Å². The van der Waals surface area contributed by atoms with Crippen molar-refractivity contribution in [1.29, 1.82) is 0 Å². The molecule has 1 heterocycles. The molecule has 0 spiro atoms. The van der Waals surface area contributed by atoms with Crippen molar-refractivity contribution in [2.24, 2.45) is 11.8 Å². The molecule has 2 unspecified atom stereocenters. The second-order valence-electron chi connectivity index (χ2n) is 10.5. The minimum absolute atomic E-state index is 0.180. The van der Waals surface area contributed by atoms with E-state index in [0.717, 1.165) is 68.7 Å². The molecule has 2 aromatic carbocycles. The molecule has 2 aliphatic rings. The fourth-order valence-electron chi connectivity index (χ4n) is 5.97. The summed E-state index contributed by atoms with van der Waals surface area (Å²) in [6.07, 6.45) is 10.1. The summed E-state index contributed by atoms with van der Waals surface area (Å²) in [7, 11) is -3.85. The molecule has 8 heteroatoms. The van der Waals surface area contributed by atoms with Gasteiger partial charge in [-0.25, -0.2) is 21.9 Å². The van der Waals surface area contributed by atoms with Gasteiger partial charge in [-0.3, -0.25) is 0 Å². The van der Waals surface area contributed by atoms with Crippen molar-refractivity contribution in [2.75, 3.05) is 13.1 Å². The molecule has 198 valence electrons. The van der Waals surface area contributed by atoms with Crippen LogP contribution in [0, 0.1) is 23.5 Å². The predicted octanol–water partition coefficient (Wildman–Crippen LogP) is 5.57. The number of benzene rings is 2. The maximum absolute atomic E-state index is 13.9. The maximum Gasteiger partial charge on any atom is 0.243 e. The summed E-state index contributed by atoms with van der Waals surface area (Å²) >= 11 is 0. The lowest BCUT2D eigenvalue weighted by Crippen LogP contribution is -2.42. The van der Waals surface area contributed by atoms with Crippen LogP contribution < -0.4 is 10.0 Å². The highest BCUT2D eigenvalue weighted by atomic mass is 32.2. The molecule has 0 saturated heterocycles. The van der Waals surface area contributed by atoms with Crippen molar-refractivity contribution in [3.63, 3.8) is 0 Å². The Morgan fingerprint density at radius 1 is 0.919 bits per heavy atom. The fraction of sp³-hybridized carbons (Fsp3) is 0.448. The van der Waals surface area contributed by atoms with Gasteiger partial charge >= 0.3 is 0 Å². The number of furan rings is 1. The summed E-state index contributed by atoms with van der Waals surface area (Å²) in [6, 6.07) is 12.9. The highest BCUT2D eigenvalue weighted by Gasteiger charge is 2.31. The third-order valence-electron chi connectivity index (χ3n) is 8.07. The smallest absolute Gasteiger partial charge is 0.243 e. The Hall–Kier alpha value is -2.55. The first kappa shape index (κ1) is 26.1. The highest BCUT2D eigenvalue weighted by Crippen LogP contribution is 2.36. The molecule has 3 aromatic rings. The molecular weight excluding hydrogens is 494 g/mol. The number of fused-ring (bicyclic) bond motifs is 1. The molecule has 2 atom stereocenters. The van der Waals surface area contributed by atoms with Gasteiger partial charge < -0.3 is 9.73 Å². The summed E-state index contributed by atoms with van der Waals surface area (Å²) in [5.41, 5.74) is 3.47. The lowest BCUT2D eigenvalue weighted by Gasteiger charge is -2.36. The van der Waals surface area contributed by atoms with E-state index in [1.165, 1.54) is 23.8 Å². The lowest BCUT2D eigenvalue weighted by atomic mass is 9.76. The quantitative estimate of drug-likeness (QED) is 0.381. The van der Waals surface area contributed by atoms with Crippen LogP contribution in [-0.2, 0) is 22.9 Å². The molecule has 2 aliphatic carbocycles. The first-order valence-corrected chi connectivity index (χ1v) is 14.6. The van der Waals surface area contributed by atoms with E-state index in [0.29, 0.717) is 18.5 Å². The van der Waals surface area contributed by atoms with Crippen LogP contribution in [0.1, 0.15) is 54.7 Å². The SMILES string of the molecule is O=S(=O)(NCC1CCC(CNC2CCc3cc(F)ccc3C2Cc2ccoc2)CC1)c1ccccc1F. The topological polar surface area (TPSA) is 71.3 Å². The Balaban J connectivity index is 1.14. The summed E-state index contributed by atoms with van der Waals surface area (Å²) in [5.74, 6) is 0.129. The molecule has 0 bridgehead atoms. The summed E-state index contributed by atoms with van der Waals surface area (Å²) in [5, 5.41) is 3.83. The molecule has 1 aromatic heterocycles. The van der Waals surface area contributed by atoms with E-state index in [4.69, 9.17) is 4.42 Å². The van der Waals surface area contributed by atoms with E-state index < -0.39 is 15.8 Å².